The molecule has 0 heterocycles. The fraction of sp³-hybridized carbons (Fsp3) is 1.00. The summed E-state index contributed by atoms with van der Waals surface area (Å²) in [5.74, 6) is 7.93. The first-order valence-electron chi connectivity index (χ1n) is 7.31. The van der Waals surface area contributed by atoms with E-state index in [1.165, 1.54) is 73.0 Å². The Labute approximate surface area is 131 Å². The van der Waals surface area contributed by atoms with Crippen LogP contribution in [0.15, 0.2) is 0 Å². The molecule has 0 amide bonds. The normalized spacial score (nSPS) is 11.0. The molecule has 4 heteroatoms. The smallest absolute Gasteiger partial charge is 0.0128 e. The predicted octanol–water partition coefficient (Wildman–Crippen LogP) is 6.21. The lowest BCUT2D eigenvalue weighted by Crippen LogP contribution is -1.88. The number of rotatable bonds is 15. The highest BCUT2D eigenvalue weighted by Gasteiger charge is 1.94. The van der Waals surface area contributed by atoms with Crippen LogP contribution in [0.2, 0.25) is 0 Å². The molecule has 0 unspecified atom stereocenters. The van der Waals surface area contributed by atoms with Crippen molar-refractivity contribution >= 4 is 45.1 Å². The summed E-state index contributed by atoms with van der Waals surface area (Å²) in [4.78, 5) is 0. The van der Waals surface area contributed by atoms with Crippen molar-refractivity contribution in [2.24, 2.45) is 0 Å². The van der Waals surface area contributed by atoms with Crippen LogP contribution in [0.5, 0.6) is 0 Å². The minimum absolute atomic E-state index is 1.26. The molecule has 0 radical (unpaired) electrons. The Hall–Kier alpha value is 1.40. The third kappa shape index (κ3) is 17.4. The highest BCUT2D eigenvalue weighted by Crippen LogP contribution is 2.23. The van der Waals surface area contributed by atoms with E-state index in [0.717, 1.165) is 0 Å². The Bertz CT molecular complexity index is 126. The van der Waals surface area contributed by atoms with Crippen molar-refractivity contribution in [2.45, 2.75) is 52.4 Å². The van der Waals surface area contributed by atoms with Crippen LogP contribution < -0.4 is 0 Å². The fourth-order valence-corrected chi connectivity index (χ4v) is 6.09. The quantitative estimate of drug-likeness (QED) is 0.259. The lowest BCUT2D eigenvalue weighted by molar-refractivity contribution is 0.627. The van der Waals surface area contributed by atoms with Gasteiger partial charge in [0.15, 0.2) is 0 Å². The van der Waals surface area contributed by atoms with E-state index < -0.39 is 0 Å². The van der Waals surface area contributed by atoms with Crippen molar-refractivity contribution in [2.75, 3.05) is 34.5 Å². The van der Waals surface area contributed by atoms with Crippen molar-refractivity contribution in [1.29, 1.82) is 0 Å². The lowest BCUT2D eigenvalue weighted by Gasteiger charge is -2.02. The maximum Gasteiger partial charge on any atom is 0.0128 e. The average Bonchev–Trinajstić information content (AvgIpc) is 2.39. The zero-order valence-electron chi connectivity index (χ0n) is 12.1. The summed E-state index contributed by atoms with van der Waals surface area (Å²) in [6.45, 7) is 4.52. The topological polar surface area (TPSA) is 0 Å². The molecule has 0 spiro atoms. The number of hydrogen-bond acceptors (Lipinski definition) is 4. The van der Waals surface area contributed by atoms with E-state index in [1.54, 1.807) is 0 Å². The molecule has 0 aliphatic rings. The van der Waals surface area contributed by atoms with E-state index in [0.29, 0.717) is 0 Å². The van der Waals surface area contributed by atoms with E-state index in [-0.39, 0.29) is 0 Å². The Morgan fingerprint density at radius 1 is 0.556 bits per heavy atom. The third-order valence-electron chi connectivity index (χ3n) is 2.55. The molecule has 0 aromatic carbocycles. The summed E-state index contributed by atoms with van der Waals surface area (Å²) in [5.41, 5.74) is 0. The zero-order chi connectivity index (χ0) is 13.3. The molecular weight excluding hydrogens is 296 g/mol. The monoisotopic (exact) mass is 326 g/mol. The standard InChI is InChI=1S/C14H30S4/c1-3-5-6-7-8-9-10-16-12-14-18-17-13-11-15-4-2/h3-14H2,1-2H3. The molecule has 0 N–H and O–H groups in total. The van der Waals surface area contributed by atoms with Gasteiger partial charge in [0.25, 0.3) is 0 Å². The first kappa shape index (κ1) is 19.4. The predicted molar refractivity (Wildman–Crippen MR) is 98.6 cm³/mol. The molecule has 0 atom stereocenters. The van der Waals surface area contributed by atoms with Gasteiger partial charge in [0, 0.05) is 23.0 Å². The highest BCUT2D eigenvalue weighted by molar-refractivity contribution is 8.76. The minimum atomic E-state index is 1.26. The molecule has 18 heavy (non-hydrogen) atoms. The van der Waals surface area contributed by atoms with Gasteiger partial charge in [0.2, 0.25) is 0 Å². The van der Waals surface area contributed by atoms with Gasteiger partial charge in [-0.05, 0) is 17.9 Å². The van der Waals surface area contributed by atoms with Gasteiger partial charge >= 0.3 is 0 Å². The molecule has 110 valence electrons. The maximum atomic E-state index is 2.28. The van der Waals surface area contributed by atoms with Crippen molar-refractivity contribution < 1.29 is 0 Å². The van der Waals surface area contributed by atoms with Gasteiger partial charge in [-0.15, -0.1) is 0 Å². The minimum Gasteiger partial charge on any atom is -0.161 e. The maximum absolute atomic E-state index is 2.28. The summed E-state index contributed by atoms with van der Waals surface area (Å²) >= 11 is 4.20. The Kier molecular flexibility index (Phi) is 19.8. The Balaban J connectivity index is 2.86. The first-order valence-corrected chi connectivity index (χ1v) is 12.1. The summed E-state index contributed by atoms with van der Waals surface area (Å²) in [6, 6.07) is 0. The van der Waals surface area contributed by atoms with Crippen LogP contribution in [0, 0.1) is 0 Å². The zero-order valence-corrected chi connectivity index (χ0v) is 15.4. The van der Waals surface area contributed by atoms with E-state index in [4.69, 9.17) is 0 Å². The fourth-order valence-electron chi connectivity index (χ4n) is 1.53. The second-order valence-electron chi connectivity index (χ2n) is 4.22. The number of unbranched alkanes of at least 4 members (excludes halogenated alkanes) is 5. The first-order chi connectivity index (χ1) is 8.91. The van der Waals surface area contributed by atoms with Crippen LogP contribution in [-0.4, -0.2) is 34.5 Å². The molecule has 0 saturated carbocycles. The summed E-state index contributed by atoms with van der Waals surface area (Å²) in [5, 5.41) is 0. The van der Waals surface area contributed by atoms with E-state index >= 15 is 0 Å². The lowest BCUT2D eigenvalue weighted by atomic mass is 10.1. The average molecular weight is 327 g/mol. The van der Waals surface area contributed by atoms with Crippen LogP contribution in [0.3, 0.4) is 0 Å². The van der Waals surface area contributed by atoms with Gasteiger partial charge < -0.3 is 0 Å². The van der Waals surface area contributed by atoms with Crippen molar-refractivity contribution in [3.63, 3.8) is 0 Å². The van der Waals surface area contributed by atoms with E-state index in [2.05, 4.69) is 59.0 Å². The number of hydrogen-bond donors (Lipinski definition) is 0. The van der Waals surface area contributed by atoms with Crippen LogP contribution in [-0.2, 0) is 0 Å². The van der Waals surface area contributed by atoms with Gasteiger partial charge in [0.1, 0.15) is 0 Å². The van der Waals surface area contributed by atoms with E-state index in [1.807, 2.05) is 0 Å². The molecule has 0 aliphatic heterocycles. The van der Waals surface area contributed by atoms with Crippen molar-refractivity contribution in [3.8, 4) is 0 Å². The third-order valence-corrected chi connectivity index (χ3v) is 7.45. The molecule has 0 rings (SSSR count). The molecular formula is C14H30S4. The van der Waals surface area contributed by atoms with Gasteiger partial charge in [-0.25, -0.2) is 0 Å². The van der Waals surface area contributed by atoms with Gasteiger partial charge in [-0.2, -0.15) is 23.5 Å². The largest absolute Gasteiger partial charge is 0.161 e. The summed E-state index contributed by atoms with van der Waals surface area (Å²) < 4.78 is 0. The van der Waals surface area contributed by atoms with Crippen LogP contribution in [0.1, 0.15) is 52.4 Å². The van der Waals surface area contributed by atoms with Crippen molar-refractivity contribution in [3.05, 3.63) is 0 Å². The van der Waals surface area contributed by atoms with Crippen molar-refractivity contribution in [1.82, 2.24) is 0 Å². The second kappa shape index (κ2) is 18.4. The molecule has 0 aliphatic carbocycles. The summed E-state index contributed by atoms with van der Waals surface area (Å²) in [7, 11) is 4.11. The van der Waals surface area contributed by atoms with Gasteiger partial charge in [-0.1, -0.05) is 67.5 Å². The Morgan fingerprint density at radius 2 is 1.17 bits per heavy atom. The Morgan fingerprint density at radius 3 is 1.83 bits per heavy atom. The molecule has 0 aromatic heterocycles. The summed E-state index contributed by atoms with van der Waals surface area (Å²) in [6.07, 6.45) is 8.57. The molecule has 0 bridgehead atoms. The second-order valence-corrected chi connectivity index (χ2v) is 9.54. The molecule has 0 nitrogen and oxygen atoms in total. The van der Waals surface area contributed by atoms with Crippen LogP contribution in [0.25, 0.3) is 0 Å². The van der Waals surface area contributed by atoms with Crippen LogP contribution in [0.4, 0.5) is 0 Å². The SMILES string of the molecule is CCCCCCCCSCCSSCCSCC. The molecule has 0 fully saturated rings. The highest BCUT2D eigenvalue weighted by atomic mass is 33.1. The van der Waals surface area contributed by atoms with Crippen LogP contribution >= 0.6 is 45.1 Å². The van der Waals surface area contributed by atoms with Gasteiger partial charge in [0.05, 0.1) is 0 Å². The molecule has 0 saturated heterocycles. The van der Waals surface area contributed by atoms with Gasteiger partial charge in [-0.3, -0.25) is 0 Å². The number of thioether (sulfide) groups is 2. The van der Waals surface area contributed by atoms with E-state index in [9.17, 15) is 0 Å². The molecule has 0 aromatic rings.